The fraction of sp³-hybridized carbons (Fsp3) is 0.438. The van der Waals surface area contributed by atoms with E-state index in [1.165, 1.54) is 18.3 Å². The number of carbonyl (C=O) groups excluding carboxylic acids is 2. The first kappa shape index (κ1) is 16.4. The Kier molecular flexibility index (Phi) is 4.46. The number of alkyl halides is 2. The van der Waals surface area contributed by atoms with Crippen LogP contribution in [0.15, 0.2) is 29.4 Å². The molecule has 3 rings (SSSR count). The summed E-state index contributed by atoms with van der Waals surface area (Å²) < 4.78 is 29.2. The average Bonchev–Trinajstić information content (AvgIpc) is 2.77. The lowest BCUT2D eigenvalue weighted by Crippen LogP contribution is -2.48. The highest BCUT2D eigenvalue weighted by molar-refractivity contribution is 6.07. The number of hydrogen-bond donors (Lipinski definition) is 1. The molecule has 2 aliphatic rings. The van der Waals surface area contributed by atoms with Gasteiger partial charge in [0.15, 0.2) is 0 Å². The van der Waals surface area contributed by atoms with Crippen LogP contribution in [0.5, 0.6) is 5.75 Å². The van der Waals surface area contributed by atoms with Gasteiger partial charge in [0.05, 0.1) is 6.21 Å². The second-order valence-corrected chi connectivity index (χ2v) is 5.85. The average molecular weight is 337 g/mol. The molecule has 1 N–H and O–H groups in total. The van der Waals surface area contributed by atoms with E-state index in [0.717, 1.165) is 24.3 Å². The number of carbonyl (C=O) groups is 2. The number of urea groups is 1. The molecule has 24 heavy (non-hydrogen) atoms. The quantitative estimate of drug-likeness (QED) is 0.678. The molecule has 1 saturated heterocycles. The first-order valence-electron chi connectivity index (χ1n) is 7.76. The number of ether oxygens (including phenoxy) is 1. The molecule has 0 radical (unpaired) electrons. The minimum Gasteiger partial charge on any atom is -0.434 e. The molecule has 0 atom stereocenters. The van der Waals surface area contributed by atoms with Crippen molar-refractivity contribution in [1.82, 2.24) is 10.3 Å². The highest BCUT2D eigenvalue weighted by atomic mass is 19.3. The fourth-order valence-corrected chi connectivity index (χ4v) is 3.12. The molecule has 6 nitrogen and oxygen atoms in total. The van der Waals surface area contributed by atoms with Gasteiger partial charge in [-0.3, -0.25) is 4.79 Å². The molecule has 1 heterocycles. The summed E-state index contributed by atoms with van der Waals surface area (Å²) in [6.45, 7) is -2.97. The molecular weight excluding hydrogens is 320 g/mol. The molecule has 0 aromatic heterocycles. The van der Waals surface area contributed by atoms with Crippen LogP contribution in [0.3, 0.4) is 0 Å². The number of rotatable bonds is 4. The summed E-state index contributed by atoms with van der Waals surface area (Å²) in [5, 5.41) is 7.39. The number of amides is 3. The van der Waals surface area contributed by atoms with Gasteiger partial charge < -0.3 is 10.1 Å². The van der Waals surface area contributed by atoms with E-state index in [-0.39, 0.29) is 11.3 Å². The number of hydrazone groups is 1. The molecule has 1 spiro atoms. The molecule has 1 saturated carbocycles. The summed E-state index contributed by atoms with van der Waals surface area (Å²) in [5.74, 6) is -0.466. The highest BCUT2D eigenvalue weighted by Gasteiger charge is 2.51. The first-order valence-corrected chi connectivity index (χ1v) is 7.76. The van der Waals surface area contributed by atoms with Gasteiger partial charge in [0.2, 0.25) is 0 Å². The van der Waals surface area contributed by atoms with Crippen LogP contribution in [0.1, 0.15) is 37.7 Å². The van der Waals surface area contributed by atoms with Gasteiger partial charge in [-0.05, 0) is 25.0 Å². The summed E-state index contributed by atoms with van der Waals surface area (Å²) in [7, 11) is 0. The third-order valence-corrected chi connectivity index (χ3v) is 4.29. The second kappa shape index (κ2) is 6.54. The second-order valence-electron chi connectivity index (χ2n) is 5.85. The van der Waals surface area contributed by atoms with Crippen molar-refractivity contribution in [3.8, 4) is 5.75 Å². The SMILES string of the molecule is O=C1NC2(CCCCC2)C(=O)N1/N=C/c1ccccc1OC(F)F. The predicted octanol–water partition coefficient (Wildman–Crippen LogP) is 2.88. The van der Waals surface area contributed by atoms with Gasteiger partial charge in [-0.1, -0.05) is 31.4 Å². The molecule has 1 aliphatic heterocycles. The van der Waals surface area contributed by atoms with Crippen LogP contribution in [0.4, 0.5) is 13.6 Å². The number of benzene rings is 1. The van der Waals surface area contributed by atoms with Crippen LogP contribution in [-0.4, -0.2) is 35.3 Å². The Morgan fingerprint density at radius 2 is 1.92 bits per heavy atom. The normalized spacial score (nSPS) is 20.2. The van der Waals surface area contributed by atoms with E-state index in [0.29, 0.717) is 12.8 Å². The van der Waals surface area contributed by atoms with Gasteiger partial charge >= 0.3 is 12.6 Å². The standard InChI is InChI=1S/C16H17F2N3O3/c17-14(18)24-12-7-3-2-6-11(12)10-19-21-13(22)16(20-15(21)23)8-4-1-5-9-16/h2-3,6-7,10,14H,1,4-5,8-9H2,(H,20,23)/b19-10+. The number of nitrogens with zero attached hydrogens (tertiary/aromatic N) is 2. The molecular formula is C16H17F2N3O3. The van der Waals surface area contributed by atoms with Crippen molar-refractivity contribution in [3.63, 3.8) is 0 Å². The Balaban J connectivity index is 1.80. The van der Waals surface area contributed by atoms with Gasteiger partial charge in [-0.25, -0.2) is 4.79 Å². The Morgan fingerprint density at radius 3 is 2.62 bits per heavy atom. The first-order chi connectivity index (χ1) is 11.5. The number of para-hydroxylation sites is 1. The van der Waals surface area contributed by atoms with Crippen LogP contribution in [0.25, 0.3) is 0 Å². The van der Waals surface area contributed by atoms with Crippen molar-refractivity contribution >= 4 is 18.2 Å². The molecule has 1 aromatic carbocycles. The lowest BCUT2D eigenvalue weighted by molar-refractivity contribution is -0.132. The van der Waals surface area contributed by atoms with Crippen molar-refractivity contribution in [3.05, 3.63) is 29.8 Å². The minimum atomic E-state index is -2.97. The molecule has 1 aliphatic carbocycles. The van der Waals surface area contributed by atoms with Crippen molar-refractivity contribution in [2.45, 2.75) is 44.3 Å². The number of hydrogen-bond acceptors (Lipinski definition) is 4. The Bertz CT molecular complexity index is 672. The molecule has 2 fully saturated rings. The molecule has 3 amide bonds. The van der Waals surface area contributed by atoms with Crippen LogP contribution >= 0.6 is 0 Å². The van der Waals surface area contributed by atoms with E-state index < -0.39 is 24.1 Å². The summed E-state index contributed by atoms with van der Waals surface area (Å²) in [4.78, 5) is 24.6. The van der Waals surface area contributed by atoms with Crippen LogP contribution < -0.4 is 10.1 Å². The van der Waals surface area contributed by atoms with Crippen LogP contribution in [0.2, 0.25) is 0 Å². The Hall–Kier alpha value is -2.51. The van der Waals surface area contributed by atoms with E-state index in [4.69, 9.17) is 0 Å². The molecule has 1 aromatic rings. The zero-order valence-corrected chi connectivity index (χ0v) is 12.9. The summed E-state index contributed by atoms with van der Waals surface area (Å²) in [6, 6.07) is 5.44. The summed E-state index contributed by atoms with van der Waals surface area (Å²) >= 11 is 0. The fourth-order valence-electron chi connectivity index (χ4n) is 3.12. The van der Waals surface area contributed by atoms with Crippen molar-refractivity contribution in [2.24, 2.45) is 5.10 Å². The van der Waals surface area contributed by atoms with E-state index in [2.05, 4.69) is 15.2 Å². The van der Waals surface area contributed by atoms with Crippen LogP contribution in [0, 0.1) is 0 Å². The van der Waals surface area contributed by atoms with E-state index >= 15 is 0 Å². The lowest BCUT2D eigenvalue weighted by Gasteiger charge is -2.29. The monoisotopic (exact) mass is 337 g/mol. The van der Waals surface area contributed by atoms with Gasteiger partial charge in [0.1, 0.15) is 11.3 Å². The molecule has 0 unspecified atom stereocenters. The third-order valence-electron chi connectivity index (χ3n) is 4.29. The largest absolute Gasteiger partial charge is 0.434 e. The van der Waals surface area contributed by atoms with E-state index in [1.54, 1.807) is 12.1 Å². The Labute approximate surface area is 137 Å². The predicted molar refractivity (Wildman–Crippen MR) is 81.9 cm³/mol. The smallest absolute Gasteiger partial charge is 0.387 e. The zero-order valence-electron chi connectivity index (χ0n) is 12.9. The third kappa shape index (κ3) is 3.08. The summed E-state index contributed by atoms with van der Waals surface area (Å²) in [5.41, 5.74) is -0.617. The van der Waals surface area contributed by atoms with Crippen LogP contribution in [-0.2, 0) is 4.79 Å². The zero-order chi connectivity index (χ0) is 17.2. The maximum Gasteiger partial charge on any atom is 0.387 e. The van der Waals surface area contributed by atoms with E-state index in [1.807, 2.05) is 0 Å². The van der Waals surface area contributed by atoms with Crippen molar-refractivity contribution in [1.29, 1.82) is 0 Å². The molecule has 8 heteroatoms. The van der Waals surface area contributed by atoms with Gasteiger partial charge in [0, 0.05) is 5.56 Å². The van der Waals surface area contributed by atoms with E-state index in [9.17, 15) is 18.4 Å². The van der Waals surface area contributed by atoms with Crippen molar-refractivity contribution < 1.29 is 23.1 Å². The topological polar surface area (TPSA) is 71.0 Å². The lowest BCUT2D eigenvalue weighted by atomic mass is 9.82. The molecule has 128 valence electrons. The number of nitrogens with one attached hydrogen (secondary N) is 1. The minimum absolute atomic E-state index is 0.0734. The van der Waals surface area contributed by atoms with Gasteiger partial charge in [-0.2, -0.15) is 13.9 Å². The highest BCUT2D eigenvalue weighted by Crippen LogP contribution is 2.33. The maximum atomic E-state index is 12.6. The van der Waals surface area contributed by atoms with Gasteiger partial charge in [0.25, 0.3) is 5.91 Å². The maximum absolute atomic E-state index is 12.6. The molecule has 0 bridgehead atoms. The number of imide groups is 1. The van der Waals surface area contributed by atoms with Gasteiger partial charge in [-0.15, -0.1) is 5.01 Å². The Morgan fingerprint density at radius 1 is 1.21 bits per heavy atom. The number of halogens is 2. The van der Waals surface area contributed by atoms with Crippen molar-refractivity contribution in [2.75, 3.05) is 0 Å². The summed E-state index contributed by atoms with van der Waals surface area (Å²) in [6.07, 6.45) is 5.14.